The predicted molar refractivity (Wildman–Crippen MR) is 80.5 cm³/mol. The Balaban J connectivity index is 1.62. The molecule has 0 saturated heterocycles. The number of allylic oxidation sites excluding steroid dienone is 1. The summed E-state index contributed by atoms with van der Waals surface area (Å²) in [5.74, 6) is -0.383. The van der Waals surface area contributed by atoms with Gasteiger partial charge in [-0.05, 0) is 42.5 Å². The number of carbonyl (C=O) groups is 1. The second kappa shape index (κ2) is 6.09. The van der Waals surface area contributed by atoms with Gasteiger partial charge in [-0.3, -0.25) is 4.79 Å². The number of rotatable bonds is 3. The van der Waals surface area contributed by atoms with Gasteiger partial charge in [0.1, 0.15) is 11.5 Å². The molecule has 0 saturated carbocycles. The number of amides is 1. The second-order valence-corrected chi connectivity index (χ2v) is 5.42. The highest BCUT2D eigenvalue weighted by atomic mass is 19.1. The number of aromatic nitrogens is 3. The number of nitrogens with zero attached hydrogens (tertiary/aromatic N) is 3. The molecule has 1 aromatic heterocycles. The van der Waals surface area contributed by atoms with Gasteiger partial charge in [-0.25, -0.2) is 9.07 Å². The van der Waals surface area contributed by atoms with E-state index < -0.39 is 0 Å². The average molecular weight is 300 g/mol. The van der Waals surface area contributed by atoms with Crippen molar-refractivity contribution in [1.82, 2.24) is 20.3 Å². The van der Waals surface area contributed by atoms with Gasteiger partial charge in [0.25, 0.3) is 5.91 Å². The normalized spacial score (nSPS) is 17.9. The van der Waals surface area contributed by atoms with Crippen LogP contribution in [0, 0.1) is 5.82 Å². The van der Waals surface area contributed by atoms with Crippen LogP contribution in [0.2, 0.25) is 0 Å². The second-order valence-electron chi connectivity index (χ2n) is 5.42. The van der Waals surface area contributed by atoms with E-state index in [-0.39, 0.29) is 17.8 Å². The molecule has 0 spiro atoms. The summed E-state index contributed by atoms with van der Waals surface area (Å²) < 4.78 is 14.4. The van der Waals surface area contributed by atoms with Crippen LogP contribution in [0.25, 0.3) is 5.57 Å². The molecule has 1 amide bonds. The zero-order valence-electron chi connectivity index (χ0n) is 12.3. The maximum atomic E-state index is 12.9. The van der Waals surface area contributed by atoms with E-state index >= 15 is 0 Å². The average Bonchev–Trinajstić information content (AvgIpc) is 2.95. The summed E-state index contributed by atoms with van der Waals surface area (Å²) in [4.78, 5) is 12.1. The molecule has 1 N–H and O–H groups in total. The minimum absolute atomic E-state index is 0.103. The summed E-state index contributed by atoms with van der Waals surface area (Å²) in [6, 6.07) is 6.63. The van der Waals surface area contributed by atoms with Crippen molar-refractivity contribution in [2.75, 3.05) is 0 Å². The van der Waals surface area contributed by atoms with Crippen LogP contribution in [0.15, 0.2) is 36.5 Å². The predicted octanol–water partition coefficient (Wildman–Crippen LogP) is 2.32. The van der Waals surface area contributed by atoms with Crippen molar-refractivity contribution in [3.63, 3.8) is 0 Å². The van der Waals surface area contributed by atoms with Crippen LogP contribution in [0.1, 0.15) is 35.3 Å². The van der Waals surface area contributed by atoms with Crippen molar-refractivity contribution < 1.29 is 9.18 Å². The summed E-state index contributed by atoms with van der Waals surface area (Å²) in [6.45, 7) is 0. The van der Waals surface area contributed by atoms with Crippen LogP contribution in [0.5, 0.6) is 0 Å². The van der Waals surface area contributed by atoms with Gasteiger partial charge in [0.15, 0.2) is 0 Å². The molecular formula is C16H17FN4O. The number of halogens is 1. The van der Waals surface area contributed by atoms with E-state index in [0.29, 0.717) is 5.69 Å². The molecule has 0 fully saturated rings. The van der Waals surface area contributed by atoms with E-state index in [9.17, 15) is 9.18 Å². The van der Waals surface area contributed by atoms with E-state index in [4.69, 9.17) is 0 Å². The van der Waals surface area contributed by atoms with Crippen LogP contribution in [0.4, 0.5) is 4.39 Å². The molecule has 114 valence electrons. The minimum atomic E-state index is -0.227. The first-order valence-electron chi connectivity index (χ1n) is 7.24. The molecule has 1 aromatic carbocycles. The lowest BCUT2D eigenvalue weighted by atomic mass is 9.90. The van der Waals surface area contributed by atoms with Gasteiger partial charge in [0.2, 0.25) is 0 Å². The quantitative estimate of drug-likeness (QED) is 0.946. The Hall–Kier alpha value is -2.50. The minimum Gasteiger partial charge on any atom is -0.348 e. The molecule has 0 radical (unpaired) electrons. The highest BCUT2D eigenvalue weighted by Gasteiger charge is 2.19. The van der Waals surface area contributed by atoms with Crippen molar-refractivity contribution >= 4 is 11.5 Å². The van der Waals surface area contributed by atoms with Crippen LogP contribution >= 0.6 is 0 Å². The molecule has 0 aliphatic heterocycles. The molecule has 0 bridgehead atoms. The molecule has 5 nitrogen and oxygen atoms in total. The van der Waals surface area contributed by atoms with Crippen molar-refractivity contribution in [3.05, 3.63) is 53.6 Å². The molecule has 6 heteroatoms. The first kappa shape index (κ1) is 14.4. The van der Waals surface area contributed by atoms with Gasteiger partial charge in [-0.15, -0.1) is 5.10 Å². The lowest BCUT2D eigenvalue weighted by molar-refractivity contribution is 0.0925. The molecule has 1 unspecified atom stereocenters. The molecule has 1 atom stereocenters. The first-order valence-corrected chi connectivity index (χ1v) is 7.24. The molecule has 3 rings (SSSR count). The Bertz CT molecular complexity index is 705. The monoisotopic (exact) mass is 300 g/mol. The largest absolute Gasteiger partial charge is 0.348 e. The van der Waals surface area contributed by atoms with E-state index in [0.717, 1.165) is 24.8 Å². The Kier molecular flexibility index (Phi) is 4.00. The van der Waals surface area contributed by atoms with E-state index in [1.54, 1.807) is 19.2 Å². The maximum absolute atomic E-state index is 12.9. The fraction of sp³-hybridized carbons (Fsp3) is 0.312. The van der Waals surface area contributed by atoms with Crippen LogP contribution in [-0.4, -0.2) is 26.9 Å². The third-order valence-electron chi connectivity index (χ3n) is 3.91. The highest BCUT2D eigenvalue weighted by molar-refractivity contribution is 5.92. The number of nitrogens with one attached hydrogen (secondary N) is 1. The van der Waals surface area contributed by atoms with Crippen molar-refractivity contribution in [1.29, 1.82) is 0 Å². The number of carbonyl (C=O) groups excluding carboxylic acids is 1. The van der Waals surface area contributed by atoms with E-state index in [1.807, 2.05) is 0 Å². The molecule has 1 aliphatic carbocycles. The lowest BCUT2D eigenvalue weighted by Crippen LogP contribution is -2.36. The van der Waals surface area contributed by atoms with Gasteiger partial charge >= 0.3 is 0 Å². The van der Waals surface area contributed by atoms with E-state index in [1.165, 1.54) is 28.6 Å². The number of benzene rings is 1. The molecule has 22 heavy (non-hydrogen) atoms. The zero-order valence-corrected chi connectivity index (χ0v) is 12.3. The first-order chi connectivity index (χ1) is 10.6. The van der Waals surface area contributed by atoms with E-state index in [2.05, 4.69) is 21.7 Å². The molecule has 1 heterocycles. The smallest absolute Gasteiger partial charge is 0.271 e. The van der Waals surface area contributed by atoms with Crippen molar-refractivity contribution in [3.8, 4) is 0 Å². The summed E-state index contributed by atoms with van der Waals surface area (Å²) in [5, 5.41) is 10.5. The lowest BCUT2D eigenvalue weighted by Gasteiger charge is -2.23. The maximum Gasteiger partial charge on any atom is 0.271 e. The van der Waals surface area contributed by atoms with Crippen LogP contribution in [-0.2, 0) is 7.05 Å². The van der Waals surface area contributed by atoms with Gasteiger partial charge in [-0.2, -0.15) is 0 Å². The standard InChI is InChI=1S/C16H17FN4O/c1-21-15(10-18-20-21)16(22)19-14-8-4-12(5-9-14)11-2-6-13(17)7-3-11/h2-4,6-7,10,14H,5,8-9H2,1H3,(H,19,22). The third kappa shape index (κ3) is 3.05. The molecular weight excluding hydrogens is 283 g/mol. The van der Waals surface area contributed by atoms with Crippen LogP contribution < -0.4 is 5.32 Å². The molecule has 1 aliphatic rings. The number of hydrogen-bond donors (Lipinski definition) is 1. The van der Waals surface area contributed by atoms with Gasteiger partial charge in [-0.1, -0.05) is 23.4 Å². The summed E-state index contributed by atoms with van der Waals surface area (Å²) in [6.07, 6.45) is 6.06. The third-order valence-corrected chi connectivity index (χ3v) is 3.91. The summed E-state index contributed by atoms with van der Waals surface area (Å²) in [7, 11) is 1.69. The van der Waals surface area contributed by atoms with Gasteiger partial charge in [0.05, 0.1) is 6.20 Å². The van der Waals surface area contributed by atoms with Crippen molar-refractivity contribution in [2.45, 2.75) is 25.3 Å². The highest BCUT2D eigenvalue weighted by Crippen LogP contribution is 2.27. The number of aryl methyl sites for hydroxylation is 1. The summed E-state index contributed by atoms with van der Waals surface area (Å²) in [5.41, 5.74) is 2.70. The van der Waals surface area contributed by atoms with Gasteiger partial charge in [0, 0.05) is 13.1 Å². The van der Waals surface area contributed by atoms with Crippen LogP contribution in [0.3, 0.4) is 0 Å². The Morgan fingerprint density at radius 1 is 1.36 bits per heavy atom. The fourth-order valence-electron chi connectivity index (χ4n) is 2.65. The Morgan fingerprint density at radius 2 is 2.14 bits per heavy atom. The Labute approximate surface area is 127 Å². The zero-order chi connectivity index (χ0) is 15.5. The Morgan fingerprint density at radius 3 is 2.73 bits per heavy atom. The molecule has 2 aromatic rings. The SMILES string of the molecule is Cn1nncc1C(=O)NC1CC=C(c2ccc(F)cc2)CC1. The fourth-order valence-corrected chi connectivity index (χ4v) is 2.65. The summed E-state index contributed by atoms with van der Waals surface area (Å²) >= 11 is 0. The number of hydrogen-bond acceptors (Lipinski definition) is 3. The van der Waals surface area contributed by atoms with Crippen molar-refractivity contribution in [2.24, 2.45) is 7.05 Å². The topological polar surface area (TPSA) is 59.8 Å². The van der Waals surface area contributed by atoms with Gasteiger partial charge < -0.3 is 5.32 Å².